The van der Waals surface area contributed by atoms with Crippen molar-refractivity contribution in [2.75, 3.05) is 31.6 Å². The van der Waals surface area contributed by atoms with E-state index in [1.807, 2.05) is 0 Å². The van der Waals surface area contributed by atoms with Crippen LogP contribution in [0.3, 0.4) is 0 Å². The first-order chi connectivity index (χ1) is 10.1. The van der Waals surface area contributed by atoms with Crippen LogP contribution in [0.4, 0.5) is 5.69 Å². The number of nitrogens with two attached hydrogens (primary N) is 1. The van der Waals surface area contributed by atoms with Crippen LogP contribution in [0.2, 0.25) is 0 Å². The maximum atomic E-state index is 6.06. The van der Waals surface area contributed by atoms with Gasteiger partial charge in [-0.15, -0.1) is 24.0 Å². The van der Waals surface area contributed by atoms with Gasteiger partial charge in [0, 0.05) is 42.9 Å². The molecule has 1 aromatic carbocycles. The maximum Gasteiger partial charge on any atom is 0.191 e. The third-order valence-corrected chi connectivity index (χ3v) is 4.97. The number of hydrogen-bond acceptors (Lipinski definition) is 2. The second-order valence-corrected chi connectivity index (χ2v) is 7.03. The van der Waals surface area contributed by atoms with Crippen LogP contribution in [0, 0.1) is 5.92 Å². The van der Waals surface area contributed by atoms with Crippen LogP contribution in [0.5, 0.6) is 0 Å². The fraction of sp³-hybridized carbons (Fsp3) is 0.562. The van der Waals surface area contributed by atoms with Crippen molar-refractivity contribution >= 4 is 51.6 Å². The highest BCUT2D eigenvalue weighted by atomic mass is 127. The summed E-state index contributed by atoms with van der Waals surface area (Å²) in [4.78, 5) is 9.16. The first-order valence-electron chi connectivity index (χ1n) is 7.67. The average molecular weight is 479 g/mol. The highest BCUT2D eigenvalue weighted by molar-refractivity contribution is 14.0. The Balaban J connectivity index is 0.00000176. The van der Waals surface area contributed by atoms with Gasteiger partial charge in [0.25, 0.3) is 0 Å². The lowest BCUT2D eigenvalue weighted by molar-refractivity contribution is 0.482. The zero-order valence-electron chi connectivity index (χ0n) is 12.9. The van der Waals surface area contributed by atoms with Gasteiger partial charge in [-0.1, -0.05) is 15.9 Å². The average Bonchev–Trinajstić information content (AvgIpc) is 3.23. The van der Waals surface area contributed by atoms with Crippen molar-refractivity contribution in [3.05, 3.63) is 28.7 Å². The van der Waals surface area contributed by atoms with Gasteiger partial charge in [-0.2, -0.15) is 0 Å². The Kier molecular flexibility index (Phi) is 6.37. The summed E-state index contributed by atoms with van der Waals surface area (Å²) in [6.07, 6.45) is 3.71. The summed E-state index contributed by atoms with van der Waals surface area (Å²) in [7, 11) is 2.05. The Morgan fingerprint density at radius 3 is 2.64 bits per heavy atom. The van der Waals surface area contributed by atoms with Crippen molar-refractivity contribution in [2.24, 2.45) is 16.6 Å². The molecule has 22 heavy (non-hydrogen) atoms. The van der Waals surface area contributed by atoms with E-state index in [4.69, 9.17) is 5.73 Å². The molecule has 1 aliphatic heterocycles. The Labute approximate surface area is 158 Å². The highest BCUT2D eigenvalue weighted by Crippen LogP contribution is 2.26. The van der Waals surface area contributed by atoms with Crippen LogP contribution < -0.4 is 10.6 Å². The van der Waals surface area contributed by atoms with Gasteiger partial charge in [0.2, 0.25) is 0 Å². The fourth-order valence-electron chi connectivity index (χ4n) is 2.85. The molecule has 1 atom stereocenters. The van der Waals surface area contributed by atoms with Gasteiger partial charge in [-0.3, -0.25) is 4.99 Å². The van der Waals surface area contributed by atoms with Crippen molar-refractivity contribution in [2.45, 2.75) is 25.3 Å². The molecule has 1 saturated heterocycles. The predicted octanol–water partition coefficient (Wildman–Crippen LogP) is 3.30. The minimum Gasteiger partial charge on any atom is -0.371 e. The third kappa shape index (κ3) is 4.50. The summed E-state index contributed by atoms with van der Waals surface area (Å²) in [5.74, 6) is 1.32. The lowest BCUT2D eigenvalue weighted by Crippen LogP contribution is -2.36. The van der Waals surface area contributed by atoms with E-state index in [1.54, 1.807) is 0 Å². The molecule has 0 amide bonds. The molecule has 1 aromatic rings. The molecule has 3 rings (SSSR count). The zero-order chi connectivity index (χ0) is 14.8. The van der Waals surface area contributed by atoms with Crippen molar-refractivity contribution in [1.29, 1.82) is 0 Å². The number of nitrogens with zero attached hydrogens (tertiary/aromatic N) is 3. The SMILES string of the molecule is CN(C(N)=NCC1CCN(c2ccc(Br)cc2)C1)C1CC1.I. The van der Waals surface area contributed by atoms with Gasteiger partial charge in [0.15, 0.2) is 5.96 Å². The van der Waals surface area contributed by atoms with Crippen molar-refractivity contribution in [3.8, 4) is 0 Å². The number of anilines is 1. The lowest BCUT2D eigenvalue weighted by Gasteiger charge is -2.19. The van der Waals surface area contributed by atoms with E-state index in [9.17, 15) is 0 Å². The highest BCUT2D eigenvalue weighted by Gasteiger charge is 2.28. The molecule has 2 N–H and O–H groups in total. The molecule has 1 aliphatic carbocycles. The maximum absolute atomic E-state index is 6.06. The quantitative estimate of drug-likeness (QED) is 0.410. The molecule has 1 heterocycles. The summed E-state index contributed by atoms with van der Waals surface area (Å²) in [6, 6.07) is 9.18. The fourth-order valence-corrected chi connectivity index (χ4v) is 3.12. The number of rotatable bonds is 4. The molecule has 0 radical (unpaired) electrons. The monoisotopic (exact) mass is 478 g/mol. The van der Waals surface area contributed by atoms with Gasteiger partial charge >= 0.3 is 0 Å². The standard InChI is InChI=1S/C16H23BrN4.HI/c1-20(14-6-7-14)16(18)19-10-12-8-9-21(11-12)15-4-2-13(17)3-5-15;/h2-5,12,14H,6-11H2,1H3,(H2,18,19);1H. The summed E-state index contributed by atoms with van der Waals surface area (Å²) < 4.78 is 1.13. The van der Waals surface area contributed by atoms with E-state index < -0.39 is 0 Å². The number of aliphatic imine (C=N–C) groups is 1. The molecule has 0 bridgehead atoms. The van der Waals surface area contributed by atoms with Crippen LogP contribution in [0.15, 0.2) is 33.7 Å². The molecule has 1 saturated carbocycles. The minimum absolute atomic E-state index is 0. The zero-order valence-corrected chi connectivity index (χ0v) is 16.8. The number of guanidine groups is 1. The molecular formula is C16H24BrIN4. The number of hydrogen-bond donors (Lipinski definition) is 1. The second kappa shape index (κ2) is 7.86. The second-order valence-electron chi connectivity index (χ2n) is 6.12. The normalized spacial score (nSPS) is 21.6. The first kappa shape index (κ1) is 17.8. The Hall–Kier alpha value is -0.500. The van der Waals surface area contributed by atoms with Gasteiger partial charge in [-0.05, 0) is 49.4 Å². The van der Waals surface area contributed by atoms with Crippen LogP contribution in [0.25, 0.3) is 0 Å². The van der Waals surface area contributed by atoms with Crippen LogP contribution >= 0.6 is 39.9 Å². The predicted molar refractivity (Wildman–Crippen MR) is 107 cm³/mol. The van der Waals surface area contributed by atoms with Crippen molar-refractivity contribution < 1.29 is 0 Å². The molecule has 0 aromatic heterocycles. The summed E-state index contributed by atoms with van der Waals surface area (Å²) in [5.41, 5.74) is 7.35. The van der Waals surface area contributed by atoms with E-state index in [-0.39, 0.29) is 24.0 Å². The summed E-state index contributed by atoms with van der Waals surface area (Å²) in [6.45, 7) is 3.03. The van der Waals surface area contributed by atoms with Crippen molar-refractivity contribution in [1.82, 2.24) is 4.90 Å². The Bertz CT molecular complexity index is 515. The van der Waals surface area contributed by atoms with E-state index in [0.717, 1.165) is 24.1 Å². The van der Waals surface area contributed by atoms with E-state index >= 15 is 0 Å². The van der Waals surface area contributed by atoms with E-state index in [0.29, 0.717) is 17.9 Å². The van der Waals surface area contributed by atoms with Crippen LogP contribution in [-0.4, -0.2) is 43.6 Å². The third-order valence-electron chi connectivity index (χ3n) is 4.45. The topological polar surface area (TPSA) is 44.9 Å². The molecular weight excluding hydrogens is 455 g/mol. The molecule has 2 aliphatic rings. The van der Waals surface area contributed by atoms with E-state index in [1.165, 1.54) is 24.9 Å². The van der Waals surface area contributed by atoms with Crippen LogP contribution in [-0.2, 0) is 0 Å². The number of benzene rings is 1. The van der Waals surface area contributed by atoms with Gasteiger partial charge in [0.1, 0.15) is 0 Å². The van der Waals surface area contributed by atoms with Crippen LogP contribution in [0.1, 0.15) is 19.3 Å². The van der Waals surface area contributed by atoms with E-state index in [2.05, 4.69) is 62.0 Å². The molecule has 2 fully saturated rings. The molecule has 1 unspecified atom stereocenters. The van der Waals surface area contributed by atoms with Crippen molar-refractivity contribution in [3.63, 3.8) is 0 Å². The molecule has 122 valence electrons. The van der Waals surface area contributed by atoms with Gasteiger partial charge in [0.05, 0.1) is 0 Å². The molecule has 4 nitrogen and oxygen atoms in total. The molecule has 0 spiro atoms. The lowest BCUT2D eigenvalue weighted by atomic mass is 10.1. The Morgan fingerprint density at radius 1 is 1.32 bits per heavy atom. The van der Waals surface area contributed by atoms with Gasteiger partial charge in [-0.25, -0.2) is 0 Å². The first-order valence-corrected chi connectivity index (χ1v) is 8.46. The summed E-state index contributed by atoms with van der Waals surface area (Å²) >= 11 is 3.48. The minimum atomic E-state index is 0. The Morgan fingerprint density at radius 2 is 2.00 bits per heavy atom. The largest absolute Gasteiger partial charge is 0.371 e. The number of halogens is 2. The van der Waals surface area contributed by atoms with Gasteiger partial charge < -0.3 is 15.5 Å². The smallest absolute Gasteiger partial charge is 0.191 e. The molecule has 6 heteroatoms. The summed E-state index contributed by atoms with van der Waals surface area (Å²) in [5, 5.41) is 0.